The van der Waals surface area contributed by atoms with Crippen LogP contribution in [0.3, 0.4) is 0 Å². The number of ether oxygens (including phenoxy) is 2. The van der Waals surface area contributed by atoms with E-state index in [0.29, 0.717) is 26.8 Å². The summed E-state index contributed by atoms with van der Waals surface area (Å²) in [6, 6.07) is 11.3. The SMILES string of the molecule is COc1cc(C=C2SC(N)=NC2=O)ccc1OC(=O)c1ccc(Cl)cc1. The second kappa shape index (κ2) is 7.63. The monoisotopic (exact) mass is 388 g/mol. The van der Waals surface area contributed by atoms with E-state index in [1.807, 2.05) is 0 Å². The van der Waals surface area contributed by atoms with Gasteiger partial charge in [0.05, 0.1) is 17.6 Å². The van der Waals surface area contributed by atoms with Crippen molar-refractivity contribution in [2.75, 3.05) is 7.11 Å². The highest BCUT2D eigenvalue weighted by Gasteiger charge is 2.20. The number of carbonyl (C=O) groups excluding carboxylic acids is 2. The molecule has 0 bridgehead atoms. The lowest BCUT2D eigenvalue weighted by Gasteiger charge is -2.10. The minimum absolute atomic E-state index is 0.210. The molecule has 0 unspecified atom stereocenters. The summed E-state index contributed by atoms with van der Waals surface area (Å²) in [6.07, 6.45) is 1.64. The van der Waals surface area contributed by atoms with Gasteiger partial charge in [0.1, 0.15) is 0 Å². The van der Waals surface area contributed by atoms with Gasteiger partial charge in [-0.1, -0.05) is 17.7 Å². The maximum Gasteiger partial charge on any atom is 0.343 e. The summed E-state index contributed by atoms with van der Waals surface area (Å²) in [4.78, 5) is 28.0. The molecule has 3 rings (SSSR count). The van der Waals surface area contributed by atoms with Gasteiger partial charge in [-0.15, -0.1) is 0 Å². The van der Waals surface area contributed by atoms with Gasteiger partial charge in [-0.3, -0.25) is 4.79 Å². The third-order valence-electron chi connectivity index (χ3n) is 3.41. The summed E-state index contributed by atoms with van der Waals surface area (Å²) >= 11 is 6.91. The van der Waals surface area contributed by atoms with E-state index in [2.05, 4.69) is 4.99 Å². The Balaban J connectivity index is 1.81. The third-order valence-corrected chi connectivity index (χ3v) is 4.47. The number of rotatable bonds is 4. The summed E-state index contributed by atoms with van der Waals surface area (Å²) in [7, 11) is 1.46. The van der Waals surface area contributed by atoms with Crippen LogP contribution < -0.4 is 15.2 Å². The van der Waals surface area contributed by atoms with Crippen LogP contribution in [-0.4, -0.2) is 24.2 Å². The average molecular weight is 389 g/mol. The molecule has 8 heteroatoms. The number of carbonyl (C=O) groups is 2. The van der Waals surface area contributed by atoms with E-state index >= 15 is 0 Å². The first-order valence-corrected chi connectivity index (χ1v) is 8.59. The fourth-order valence-electron chi connectivity index (χ4n) is 2.18. The summed E-state index contributed by atoms with van der Waals surface area (Å²) in [6.45, 7) is 0. The van der Waals surface area contributed by atoms with Crippen LogP contribution in [-0.2, 0) is 4.79 Å². The number of halogens is 1. The van der Waals surface area contributed by atoms with Crippen molar-refractivity contribution in [2.45, 2.75) is 0 Å². The molecule has 1 heterocycles. The van der Waals surface area contributed by atoms with Gasteiger partial charge in [0.2, 0.25) is 0 Å². The molecular formula is C18H13ClN2O4S. The number of thioether (sulfide) groups is 1. The van der Waals surface area contributed by atoms with Gasteiger partial charge in [-0.2, -0.15) is 4.99 Å². The molecule has 26 heavy (non-hydrogen) atoms. The number of aliphatic imine (C=N–C) groups is 1. The number of amidine groups is 1. The van der Waals surface area contributed by atoms with E-state index in [4.69, 9.17) is 26.8 Å². The van der Waals surface area contributed by atoms with E-state index in [1.54, 1.807) is 48.5 Å². The fourth-order valence-corrected chi connectivity index (χ4v) is 2.99. The number of esters is 1. The van der Waals surface area contributed by atoms with E-state index < -0.39 is 5.97 Å². The predicted molar refractivity (Wildman–Crippen MR) is 102 cm³/mol. The Labute approximate surface area is 158 Å². The standard InChI is InChI=1S/C18H13ClN2O4S/c1-24-14-8-10(9-15-16(22)21-18(20)26-15)2-7-13(14)25-17(23)11-3-5-12(19)6-4-11/h2-9H,1H3,(H2,20,21,22). The van der Waals surface area contributed by atoms with E-state index in [9.17, 15) is 9.59 Å². The van der Waals surface area contributed by atoms with E-state index in [0.717, 1.165) is 11.8 Å². The Morgan fingerprint density at radius 3 is 2.54 bits per heavy atom. The highest BCUT2D eigenvalue weighted by Crippen LogP contribution is 2.32. The van der Waals surface area contributed by atoms with Crippen LogP contribution in [0.5, 0.6) is 11.5 Å². The minimum Gasteiger partial charge on any atom is -0.493 e. The lowest BCUT2D eigenvalue weighted by atomic mass is 10.2. The Morgan fingerprint density at radius 2 is 1.92 bits per heavy atom. The molecule has 1 amide bonds. The van der Waals surface area contributed by atoms with Gasteiger partial charge in [-0.25, -0.2) is 4.79 Å². The maximum absolute atomic E-state index is 12.2. The van der Waals surface area contributed by atoms with Crippen molar-refractivity contribution in [3.05, 3.63) is 63.5 Å². The molecule has 2 N–H and O–H groups in total. The Morgan fingerprint density at radius 1 is 1.19 bits per heavy atom. The van der Waals surface area contributed by atoms with Crippen LogP contribution in [0.25, 0.3) is 6.08 Å². The largest absolute Gasteiger partial charge is 0.493 e. The molecule has 0 fully saturated rings. The van der Waals surface area contributed by atoms with Crippen molar-refractivity contribution in [3.63, 3.8) is 0 Å². The normalized spacial score (nSPS) is 15.1. The average Bonchev–Trinajstić information content (AvgIpc) is 2.93. The number of benzene rings is 2. The quantitative estimate of drug-likeness (QED) is 0.489. The van der Waals surface area contributed by atoms with Gasteiger partial charge >= 0.3 is 5.97 Å². The molecule has 0 saturated heterocycles. The minimum atomic E-state index is -0.534. The Kier molecular flexibility index (Phi) is 5.29. The molecule has 2 aromatic carbocycles. The molecule has 132 valence electrons. The molecule has 0 aliphatic carbocycles. The zero-order valence-electron chi connectivity index (χ0n) is 13.6. The van der Waals surface area contributed by atoms with Crippen LogP contribution >= 0.6 is 23.4 Å². The molecule has 0 aromatic heterocycles. The van der Waals surface area contributed by atoms with Crippen LogP contribution in [0.1, 0.15) is 15.9 Å². The van der Waals surface area contributed by atoms with E-state index in [1.165, 1.54) is 7.11 Å². The number of nitrogens with zero attached hydrogens (tertiary/aromatic N) is 1. The van der Waals surface area contributed by atoms with Crippen LogP contribution in [0.2, 0.25) is 5.02 Å². The molecule has 0 atom stereocenters. The van der Waals surface area contributed by atoms with Gasteiger partial charge in [0.15, 0.2) is 16.7 Å². The van der Waals surface area contributed by atoms with Gasteiger partial charge < -0.3 is 15.2 Å². The van der Waals surface area contributed by atoms with Crippen molar-refractivity contribution in [3.8, 4) is 11.5 Å². The molecule has 0 saturated carbocycles. The van der Waals surface area contributed by atoms with Crippen molar-refractivity contribution in [2.24, 2.45) is 10.7 Å². The maximum atomic E-state index is 12.2. The molecule has 0 spiro atoms. The highest BCUT2D eigenvalue weighted by atomic mass is 35.5. The van der Waals surface area contributed by atoms with Gasteiger partial charge in [0, 0.05) is 5.02 Å². The zero-order valence-corrected chi connectivity index (χ0v) is 15.1. The van der Waals surface area contributed by atoms with Crippen molar-refractivity contribution < 1.29 is 19.1 Å². The molecule has 0 radical (unpaired) electrons. The first-order chi connectivity index (χ1) is 12.5. The van der Waals surface area contributed by atoms with Crippen LogP contribution in [0.4, 0.5) is 0 Å². The molecule has 2 aromatic rings. The number of methoxy groups -OCH3 is 1. The molecular weight excluding hydrogens is 376 g/mol. The molecule has 1 aliphatic rings. The zero-order chi connectivity index (χ0) is 18.7. The van der Waals surface area contributed by atoms with E-state index in [-0.39, 0.29) is 16.8 Å². The van der Waals surface area contributed by atoms with Gasteiger partial charge in [-0.05, 0) is 59.8 Å². The van der Waals surface area contributed by atoms with Gasteiger partial charge in [0.25, 0.3) is 5.91 Å². The first kappa shape index (κ1) is 18.0. The Bertz CT molecular complexity index is 939. The Hall–Kier alpha value is -2.77. The van der Waals surface area contributed by atoms with Crippen LogP contribution in [0.15, 0.2) is 52.4 Å². The first-order valence-electron chi connectivity index (χ1n) is 7.40. The second-order valence-electron chi connectivity index (χ2n) is 5.17. The highest BCUT2D eigenvalue weighted by molar-refractivity contribution is 8.18. The second-order valence-corrected chi connectivity index (χ2v) is 6.67. The lowest BCUT2D eigenvalue weighted by Crippen LogP contribution is -2.09. The third kappa shape index (κ3) is 4.07. The summed E-state index contributed by atoms with van der Waals surface area (Å²) < 4.78 is 10.7. The smallest absolute Gasteiger partial charge is 0.343 e. The number of hydrogen-bond donors (Lipinski definition) is 1. The van der Waals surface area contributed by atoms with Crippen molar-refractivity contribution in [1.82, 2.24) is 0 Å². The van der Waals surface area contributed by atoms with Crippen molar-refractivity contribution in [1.29, 1.82) is 0 Å². The number of amides is 1. The number of hydrogen-bond acceptors (Lipinski definition) is 6. The summed E-state index contributed by atoms with van der Waals surface area (Å²) in [5.41, 5.74) is 6.58. The fraction of sp³-hybridized carbons (Fsp3) is 0.0556. The topological polar surface area (TPSA) is 91.0 Å². The summed E-state index contributed by atoms with van der Waals surface area (Å²) in [5, 5.41) is 0.738. The summed E-state index contributed by atoms with van der Waals surface area (Å²) in [5.74, 6) is -0.305. The lowest BCUT2D eigenvalue weighted by molar-refractivity contribution is -0.113. The van der Waals surface area contributed by atoms with Crippen LogP contribution in [0, 0.1) is 0 Å². The predicted octanol–water partition coefficient (Wildman–Crippen LogP) is 3.50. The number of nitrogens with two attached hydrogens (primary N) is 1. The van der Waals surface area contributed by atoms with Crippen molar-refractivity contribution >= 4 is 46.5 Å². The molecule has 6 nitrogen and oxygen atoms in total. The molecule has 1 aliphatic heterocycles.